The molecule has 6 heteroatoms. The number of aromatic nitrogens is 1. The zero-order chi connectivity index (χ0) is 12.2. The van der Waals surface area contributed by atoms with Crippen LogP contribution in [-0.4, -0.2) is 21.6 Å². The van der Waals surface area contributed by atoms with Crippen molar-refractivity contribution in [3.05, 3.63) is 30.1 Å². The van der Waals surface area contributed by atoms with E-state index in [9.17, 15) is 9.59 Å². The fourth-order valence-electron chi connectivity index (χ4n) is 1.18. The number of hydrogen-bond acceptors (Lipinski definition) is 4. The first-order valence-electron chi connectivity index (χ1n) is 4.53. The molecular formula is C10H9Cl2NO3. The van der Waals surface area contributed by atoms with Crippen molar-refractivity contribution in [3.8, 4) is 0 Å². The van der Waals surface area contributed by atoms with Crippen molar-refractivity contribution in [2.24, 2.45) is 0 Å². The van der Waals surface area contributed by atoms with Gasteiger partial charge >= 0.3 is 5.97 Å². The minimum absolute atomic E-state index is 0.0772. The van der Waals surface area contributed by atoms with E-state index in [1.807, 2.05) is 0 Å². The van der Waals surface area contributed by atoms with Gasteiger partial charge in [0, 0.05) is 18.0 Å². The highest BCUT2D eigenvalue weighted by Gasteiger charge is 2.44. The van der Waals surface area contributed by atoms with Crippen LogP contribution in [0.3, 0.4) is 0 Å². The normalized spacial score (nSPS) is 13.9. The smallest absolute Gasteiger partial charge is 0.345 e. The van der Waals surface area contributed by atoms with Gasteiger partial charge in [0.05, 0.1) is 0 Å². The number of nitrogens with zero attached hydrogens (tertiary/aromatic N) is 1. The number of ketones is 1. The Bertz CT molecular complexity index is 396. The van der Waals surface area contributed by atoms with Crippen molar-refractivity contribution in [3.63, 3.8) is 0 Å². The first-order chi connectivity index (χ1) is 7.56. The summed E-state index contributed by atoms with van der Waals surface area (Å²) in [7, 11) is 0. The molecule has 0 spiro atoms. The Morgan fingerprint density at radius 3 is 2.69 bits per heavy atom. The first-order valence-corrected chi connectivity index (χ1v) is 5.21. The summed E-state index contributed by atoms with van der Waals surface area (Å²) in [6.07, 6.45) is 2.92. The number of carbonyl (C=O) groups is 2. The number of rotatable bonds is 4. The highest BCUT2D eigenvalue weighted by molar-refractivity contribution is 6.48. The fraction of sp³-hybridized carbons (Fsp3) is 0.300. The third-order valence-corrected chi connectivity index (χ3v) is 2.90. The first kappa shape index (κ1) is 12.9. The maximum atomic E-state index is 12.0. The fourth-order valence-corrected chi connectivity index (χ4v) is 1.50. The van der Waals surface area contributed by atoms with E-state index in [1.165, 1.54) is 18.5 Å². The maximum Gasteiger partial charge on any atom is 0.353 e. The van der Waals surface area contributed by atoms with Crippen LogP contribution >= 0.6 is 23.5 Å². The molecule has 0 N–H and O–H groups in total. The molecule has 0 fully saturated rings. The monoisotopic (exact) mass is 261 g/mol. The number of halogens is 2. The van der Waals surface area contributed by atoms with E-state index in [4.69, 9.17) is 23.5 Å². The molecule has 86 valence electrons. The van der Waals surface area contributed by atoms with E-state index in [2.05, 4.69) is 9.27 Å². The molecule has 0 radical (unpaired) electrons. The molecule has 0 aliphatic rings. The molecule has 1 aromatic heterocycles. The number of Topliss-reactive ketones (excluding diaryl/α,β-unsaturated/α-hetero) is 1. The van der Waals surface area contributed by atoms with E-state index in [-0.39, 0.29) is 12.0 Å². The standard InChI is InChI=1S/C10H9Cl2NO3/c1-2-10(11,9(15)16-12)8(14)7-4-3-5-13-6-7/h3-6H,2H2,1H3. The molecule has 0 aliphatic carbocycles. The molecule has 1 heterocycles. The summed E-state index contributed by atoms with van der Waals surface area (Å²) < 4.78 is 4.01. The van der Waals surface area contributed by atoms with E-state index in [0.29, 0.717) is 0 Å². The number of hydrogen-bond donors (Lipinski definition) is 0. The van der Waals surface area contributed by atoms with E-state index in [0.717, 1.165) is 0 Å². The highest BCUT2D eigenvalue weighted by Crippen LogP contribution is 2.27. The Morgan fingerprint density at radius 1 is 1.56 bits per heavy atom. The van der Waals surface area contributed by atoms with Crippen molar-refractivity contribution in [2.45, 2.75) is 18.2 Å². The van der Waals surface area contributed by atoms with Gasteiger partial charge < -0.3 is 4.29 Å². The lowest BCUT2D eigenvalue weighted by atomic mass is 9.95. The topological polar surface area (TPSA) is 56.3 Å². The van der Waals surface area contributed by atoms with Crippen LogP contribution in [0.4, 0.5) is 0 Å². The second-order valence-corrected chi connectivity index (χ2v) is 3.89. The summed E-state index contributed by atoms with van der Waals surface area (Å²) in [5.74, 6) is -1.55. The van der Waals surface area contributed by atoms with Crippen LogP contribution in [0.2, 0.25) is 0 Å². The summed E-state index contributed by atoms with van der Waals surface area (Å²) in [5.41, 5.74) is 0.237. The predicted octanol–water partition coefficient (Wildman–Crippen LogP) is 2.35. The number of pyridine rings is 1. The molecule has 16 heavy (non-hydrogen) atoms. The van der Waals surface area contributed by atoms with Gasteiger partial charge in [0.2, 0.25) is 4.87 Å². The third kappa shape index (κ3) is 2.33. The molecule has 4 nitrogen and oxygen atoms in total. The highest BCUT2D eigenvalue weighted by atomic mass is 35.5. The summed E-state index contributed by atoms with van der Waals surface area (Å²) in [6, 6.07) is 3.09. The average molecular weight is 262 g/mol. The molecule has 0 aromatic carbocycles. The number of carbonyl (C=O) groups excluding carboxylic acids is 2. The van der Waals surface area contributed by atoms with Gasteiger partial charge in [0.1, 0.15) is 11.9 Å². The van der Waals surface area contributed by atoms with Gasteiger partial charge in [-0.15, -0.1) is 0 Å². The summed E-state index contributed by atoms with van der Waals surface area (Å²) >= 11 is 10.9. The SMILES string of the molecule is CCC(Cl)(C(=O)OCl)C(=O)c1cccnc1. The zero-order valence-corrected chi connectivity index (χ0v) is 9.96. The van der Waals surface area contributed by atoms with Crippen LogP contribution < -0.4 is 0 Å². The second-order valence-electron chi connectivity index (χ2n) is 3.09. The Balaban J connectivity index is 3.07. The van der Waals surface area contributed by atoms with Crippen molar-refractivity contribution in [2.75, 3.05) is 0 Å². The Labute approximate surface area is 103 Å². The summed E-state index contributed by atoms with van der Waals surface area (Å²) in [4.78, 5) is 25.3. The van der Waals surface area contributed by atoms with Crippen LogP contribution in [-0.2, 0) is 9.08 Å². The maximum absolute atomic E-state index is 12.0. The van der Waals surface area contributed by atoms with Crippen LogP contribution in [0, 0.1) is 0 Å². The molecule has 1 atom stereocenters. The van der Waals surface area contributed by atoms with Crippen LogP contribution in [0.1, 0.15) is 23.7 Å². The lowest BCUT2D eigenvalue weighted by Gasteiger charge is -2.19. The van der Waals surface area contributed by atoms with E-state index in [1.54, 1.807) is 13.0 Å². The van der Waals surface area contributed by atoms with Crippen LogP contribution in [0.15, 0.2) is 24.5 Å². The van der Waals surface area contributed by atoms with Gasteiger partial charge in [-0.25, -0.2) is 4.79 Å². The molecule has 0 saturated heterocycles. The van der Waals surface area contributed by atoms with Crippen molar-refractivity contribution in [1.82, 2.24) is 4.98 Å². The third-order valence-electron chi connectivity index (χ3n) is 2.16. The molecular weight excluding hydrogens is 253 g/mol. The summed E-state index contributed by atoms with van der Waals surface area (Å²) in [6.45, 7) is 1.59. The molecule has 1 aromatic rings. The second kappa shape index (κ2) is 5.27. The van der Waals surface area contributed by atoms with Gasteiger partial charge in [-0.05, 0) is 18.6 Å². The largest absolute Gasteiger partial charge is 0.353 e. The Hall–Kier alpha value is -1.13. The lowest BCUT2D eigenvalue weighted by Crippen LogP contribution is -2.41. The average Bonchev–Trinajstić information content (AvgIpc) is 2.36. The van der Waals surface area contributed by atoms with Crippen molar-refractivity contribution in [1.29, 1.82) is 0 Å². The van der Waals surface area contributed by atoms with Gasteiger partial charge in [-0.1, -0.05) is 18.5 Å². The van der Waals surface area contributed by atoms with Crippen molar-refractivity contribution < 1.29 is 13.9 Å². The number of alkyl halides is 1. The summed E-state index contributed by atoms with van der Waals surface area (Å²) in [5, 5.41) is 0. The lowest BCUT2D eigenvalue weighted by molar-refractivity contribution is -0.135. The minimum Gasteiger partial charge on any atom is -0.345 e. The van der Waals surface area contributed by atoms with Crippen LogP contribution in [0.5, 0.6) is 0 Å². The predicted molar refractivity (Wildman–Crippen MR) is 59.4 cm³/mol. The van der Waals surface area contributed by atoms with Gasteiger partial charge in [-0.3, -0.25) is 9.78 Å². The molecule has 0 aliphatic heterocycles. The molecule has 0 saturated carbocycles. The minimum atomic E-state index is -1.79. The Morgan fingerprint density at radius 2 is 2.25 bits per heavy atom. The van der Waals surface area contributed by atoms with Gasteiger partial charge in [0.25, 0.3) is 0 Å². The molecule has 0 bridgehead atoms. The Kier molecular flexibility index (Phi) is 4.26. The molecule has 0 amide bonds. The molecule has 1 unspecified atom stereocenters. The van der Waals surface area contributed by atoms with Crippen molar-refractivity contribution >= 4 is 35.2 Å². The van der Waals surface area contributed by atoms with Gasteiger partial charge in [-0.2, -0.15) is 0 Å². The van der Waals surface area contributed by atoms with E-state index < -0.39 is 16.6 Å². The molecule has 1 rings (SSSR count). The van der Waals surface area contributed by atoms with Crippen LogP contribution in [0.25, 0.3) is 0 Å². The zero-order valence-electron chi connectivity index (χ0n) is 8.44. The van der Waals surface area contributed by atoms with Gasteiger partial charge in [0.15, 0.2) is 5.78 Å². The quantitative estimate of drug-likeness (QED) is 0.474. The van der Waals surface area contributed by atoms with E-state index >= 15 is 0 Å².